The van der Waals surface area contributed by atoms with Crippen LogP contribution in [-0.2, 0) is 9.53 Å². The van der Waals surface area contributed by atoms with Crippen molar-refractivity contribution in [3.63, 3.8) is 0 Å². The van der Waals surface area contributed by atoms with Gasteiger partial charge in [-0.15, -0.1) is 0 Å². The van der Waals surface area contributed by atoms with Gasteiger partial charge in [0.25, 0.3) is 0 Å². The Morgan fingerprint density at radius 2 is 2.16 bits per heavy atom. The van der Waals surface area contributed by atoms with Gasteiger partial charge in [0.15, 0.2) is 5.75 Å². The summed E-state index contributed by atoms with van der Waals surface area (Å²) in [4.78, 5) is 22.5. The molecule has 1 rings (SSSR count). The number of esters is 1. The Morgan fingerprint density at radius 3 is 2.84 bits per heavy atom. The monoisotopic (exact) mass is 286 g/mol. The minimum absolute atomic E-state index is 0.0861. The van der Waals surface area contributed by atoms with Crippen LogP contribution in [0.5, 0.6) is 5.75 Å². The van der Waals surface area contributed by atoms with E-state index in [0.717, 1.165) is 0 Å². The van der Waals surface area contributed by atoms with Gasteiger partial charge in [-0.25, -0.2) is 4.79 Å². The van der Waals surface area contributed by atoms with Crippen LogP contribution in [0.25, 0.3) is 0 Å². The van der Waals surface area contributed by atoms with Gasteiger partial charge < -0.3 is 20.5 Å². The molecule has 0 spiro atoms. The van der Waals surface area contributed by atoms with Crippen LogP contribution in [0.1, 0.15) is 13.3 Å². The van der Waals surface area contributed by atoms with Crippen molar-refractivity contribution in [3.8, 4) is 5.75 Å². The number of anilines is 1. The molecule has 0 atom stereocenters. The topological polar surface area (TPSA) is 87.7 Å². The Balaban J connectivity index is 2.39. The minimum atomic E-state index is -0.540. The number of hydrogen-bond donors (Lipinski definition) is 3. The molecule has 0 aromatic heterocycles. The predicted octanol–water partition coefficient (Wildman–Crippen LogP) is 2.12. The number of aromatic hydroxyl groups is 1. The number of hydrogen-bond acceptors (Lipinski definition) is 4. The molecule has 0 aliphatic rings. The average molecular weight is 287 g/mol. The first-order chi connectivity index (χ1) is 9.04. The van der Waals surface area contributed by atoms with Crippen molar-refractivity contribution in [2.75, 3.05) is 18.5 Å². The number of nitrogens with one attached hydrogen (secondary N) is 2. The second kappa shape index (κ2) is 7.48. The normalized spacial score (nSPS) is 9.79. The summed E-state index contributed by atoms with van der Waals surface area (Å²) in [5.74, 6) is -0.585. The average Bonchev–Trinajstić information content (AvgIpc) is 2.35. The third-order valence-electron chi connectivity index (χ3n) is 2.15. The summed E-state index contributed by atoms with van der Waals surface area (Å²) >= 11 is 5.70. The first kappa shape index (κ1) is 15.1. The second-order valence-electron chi connectivity index (χ2n) is 3.57. The van der Waals surface area contributed by atoms with Gasteiger partial charge in [0.2, 0.25) is 0 Å². The maximum absolute atomic E-state index is 11.5. The molecule has 6 nitrogen and oxygen atoms in total. The highest BCUT2D eigenvalue weighted by Gasteiger charge is 2.09. The number of benzene rings is 1. The number of carbonyl (C=O) groups is 2. The number of phenols is 1. The summed E-state index contributed by atoms with van der Waals surface area (Å²) in [5.41, 5.74) is 0.195. The molecule has 0 aliphatic carbocycles. The van der Waals surface area contributed by atoms with Crippen molar-refractivity contribution in [3.05, 3.63) is 23.2 Å². The summed E-state index contributed by atoms with van der Waals surface area (Å²) in [6.45, 7) is 2.16. The van der Waals surface area contributed by atoms with Crippen LogP contribution in [0, 0.1) is 0 Å². The molecule has 3 N–H and O–H groups in total. The number of carbonyl (C=O) groups excluding carboxylic acids is 2. The van der Waals surface area contributed by atoms with E-state index in [1.807, 2.05) is 0 Å². The Labute approximate surface area is 115 Å². The van der Waals surface area contributed by atoms with Crippen molar-refractivity contribution in [2.45, 2.75) is 13.3 Å². The van der Waals surface area contributed by atoms with Crippen molar-refractivity contribution in [1.82, 2.24) is 5.32 Å². The van der Waals surface area contributed by atoms with Gasteiger partial charge >= 0.3 is 12.0 Å². The Kier molecular flexibility index (Phi) is 5.95. The lowest BCUT2D eigenvalue weighted by Gasteiger charge is -2.09. The molecule has 0 saturated heterocycles. The van der Waals surface area contributed by atoms with Gasteiger partial charge in [-0.3, -0.25) is 4.79 Å². The van der Waals surface area contributed by atoms with Crippen LogP contribution in [-0.4, -0.2) is 30.3 Å². The minimum Gasteiger partial charge on any atom is -0.504 e. The molecule has 0 radical (unpaired) electrons. The molecular weight excluding hydrogens is 272 g/mol. The molecule has 0 unspecified atom stereocenters. The van der Waals surface area contributed by atoms with E-state index < -0.39 is 6.03 Å². The van der Waals surface area contributed by atoms with Crippen molar-refractivity contribution in [2.24, 2.45) is 0 Å². The van der Waals surface area contributed by atoms with Gasteiger partial charge in [-0.2, -0.15) is 0 Å². The highest BCUT2D eigenvalue weighted by molar-refractivity contribution is 6.32. The molecule has 0 aliphatic heterocycles. The van der Waals surface area contributed by atoms with Crippen molar-refractivity contribution < 1.29 is 19.4 Å². The maximum Gasteiger partial charge on any atom is 0.319 e. The van der Waals surface area contributed by atoms with Gasteiger partial charge in [0.05, 0.1) is 23.7 Å². The van der Waals surface area contributed by atoms with E-state index in [1.54, 1.807) is 13.0 Å². The molecule has 0 fully saturated rings. The fourth-order valence-electron chi connectivity index (χ4n) is 1.29. The predicted molar refractivity (Wildman–Crippen MR) is 71.4 cm³/mol. The fourth-order valence-corrected chi connectivity index (χ4v) is 1.47. The zero-order chi connectivity index (χ0) is 14.3. The van der Waals surface area contributed by atoms with Crippen LogP contribution >= 0.6 is 11.6 Å². The number of urea groups is 1. The van der Waals surface area contributed by atoms with Gasteiger partial charge in [-0.1, -0.05) is 17.7 Å². The fraction of sp³-hybridized carbons (Fsp3) is 0.333. The highest BCUT2D eigenvalue weighted by atomic mass is 35.5. The standard InChI is InChI=1S/C12H15ClN2O4/c1-2-19-10(16)6-7-14-12(18)15-9-5-3-4-8(13)11(9)17/h3-5,17H,2,6-7H2,1H3,(H2,14,15,18). The molecule has 19 heavy (non-hydrogen) atoms. The second-order valence-corrected chi connectivity index (χ2v) is 3.98. The third kappa shape index (κ3) is 5.05. The number of phenolic OH excluding ortho intramolecular Hbond substituents is 1. The van der Waals surface area contributed by atoms with E-state index >= 15 is 0 Å². The number of ether oxygens (including phenoxy) is 1. The summed E-state index contributed by atoms with van der Waals surface area (Å²) in [6, 6.07) is 4.06. The molecule has 0 heterocycles. The third-order valence-corrected chi connectivity index (χ3v) is 2.46. The summed E-state index contributed by atoms with van der Waals surface area (Å²) in [7, 11) is 0. The number of amides is 2. The first-order valence-corrected chi connectivity index (χ1v) is 6.10. The van der Waals surface area contributed by atoms with Crippen molar-refractivity contribution in [1.29, 1.82) is 0 Å². The lowest BCUT2D eigenvalue weighted by Crippen LogP contribution is -2.30. The number of halogens is 1. The number of para-hydroxylation sites is 1. The first-order valence-electron chi connectivity index (χ1n) is 5.72. The van der Waals surface area contributed by atoms with Gasteiger partial charge in [0.1, 0.15) is 0 Å². The number of rotatable bonds is 5. The van der Waals surface area contributed by atoms with Crippen LogP contribution in [0.15, 0.2) is 18.2 Å². The van der Waals surface area contributed by atoms with Crippen LogP contribution in [0.3, 0.4) is 0 Å². The summed E-state index contributed by atoms with van der Waals surface area (Å²) in [6.07, 6.45) is 0.0861. The van der Waals surface area contributed by atoms with Gasteiger partial charge in [-0.05, 0) is 19.1 Å². The molecule has 104 valence electrons. The van der Waals surface area contributed by atoms with Crippen LogP contribution < -0.4 is 10.6 Å². The molecule has 0 saturated carbocycles. The zero-order valence-corrected chi connectivity index (χ0v) is 11.2. The lowest BCUT2D eigenvalue weighted by atomic mass is 10.3. The largest absolute Gasteiger partial charge is 0.504 e. The quantitative estimate of drug-likeness (QED) is 0.571. The molecule has 0 bridgehead atoms. The maximum atomic E-state index is 11.5. The SMILES string of the molecule is CCOC(=O)CCNC(=O)Nc1cccc(Cl)c1O. The summed E-state index contributed by atoms with van der Waals surface area (Å²) in [5, 5.41) is 14.6. The molecular formula is C12H15ClN2O4. The van der Waals surface area contributed by atoms with E-state index in [4.69, 9.17) is 16.3 Å². The molecule has 1 aromatic rings. The lowest BCUT2D eigenvalue weighted by molar-refractivity contribution is -0.142. The molecule has 1 aromatic carbocycles. The van der Waals surface area contributed by atoms with E-state index in [-0.39, 0.29) is 35.4 Å². The molecule has 2 amide bonds. The van der Waals surface area contributed by atoms with E-state index in [1.165, 1.54) is 12.1 Å². The molecule has 7 heteroatoms. The Bertz CT molecular complexity index is 465. The van der Waals surface area contributed by atoms with Crippen molar-refractivity contribution >= 4 is 29.3 Å². The zero-order valence-electron chi connectivity index (χ0n) is 10.4. The van der Waals surface area contributed by atoms with E-state index in [9.17, 15) is 14.7 Å². The van der Waals surface area contributed by atoms with Gasteiger partial charge in [0, 0.05) is 6.54 Å². The summed E-state index contributed by atoms with van der Waals surface area (Å²) < 4.78 is 4.71. The Morgan fingerprint density at radius 1 is 1.42 bits per heavy atom. The van der Waals surface area contributed by atoms with Crippen LogP contribution in [0.4, 0.5) is 10.5 Å². The smallest absolute Gasteiger partial charge is 0.319 e. The van der Waals surface area contributed by atoms with Crippen LogP contribution in [0.2, 0.25) is 5.02 Å². The highest BCUT2D eigenvalue weighted by Crippen LogP contribution is 2.30. The Hall–Kier alpha value is -1.95. The van der Waals surface area contributed by atoms with E-state index in [2.05, 4.69) is 10.6 Å². The van der Waals surface area contributed by atoms with E-state index in [0.29, 0.717) is 6.61 Å².